The molecule has 1 aromatic rings. The normalized spacial score (nSPS) is 12.4. The van der Waals surface area contributed by atoms with Crippen LogP contribution in [0.3, 0.4) is 0 Å². The van der Waals surface area contributed by atoms with Crippen molar-refractivity contribution in [2.45, 2.75) is 20.3 Å². The number of nitrogens with two attached hydrogens (primary N) is 1. The number of carbonyl (C=O) groups is 1. The number of rotatable bonds is 5. The third-order valence-electron chi connectivity index (χ3n) is 2.64. The molecule has 0 atom stereocenters. The van der Waals surface area contributed by atoms with E-state index in [1.165, 1.54) is 0 Å². The summed E-state index contributed by atoms with van der Waals surface area (Å²) in [6, 6.07) is 3.41. The Morgan fingerprint density at radius 2 is 2.00 bits per heavy atom. The Balaban J connectivity index is 3.01. The maximum Gasteiger partial charge on any atom is 0.275 e. The summed E-state index contributed by atoms with van der Waals surface area (Å²) in [6.07, 6.45) is 3.77. The lowest BCUT2D eigenvalue weighted by Crippen LogP contribution is -2.28. The number of allylic oxidation sites excluding steroid dienone is 1. The van der Waals surface area contributed by atoms with Gasteiger partial charge in [0.15, 0.2) is 5.70 Å². The van der Waals surface area contributed by atoms with E-state index in [1.54, 1.807) is 36.5 Å². The fourth-order valence-electron chi connectivity index (χ4n) is 1.25. The van der Waals surface area contributed by atoms with Crippen molar-refractivity contribution >= 4 is 11.6 Å². The smallest absolute Gasteiger partial charge is 0.275 e. The summed E-state index contributed by atoms with van der Waals surface area (Å²) in [6.45, 7) is 4.35. The standard InChI is InChI=1S/C13H19N5O/c1-4-11(14)12(13(19)18(3)5-2)17-16-10-6-8-15-9-7-10/h6-9H,4-5,14H2,1-3H3/b12-11-,17-16+. The van der Waals surface area contributed by atoms with Crippen molar-refractivity contribution in [1.82, 2.24) is 9.88 Å². The molecule has 0 bridgehead atoms. The maximum atomic E-state index is 12.1. The minimum atomic E-state index is -0.223. The van der Waals surface area contributed by atoms with Gasteiger partial charge in [-0.15, -0.1) is 5.11 Å². The Kier molecular flexibility index (Phi) is 5.66. The van der Waals surface area contributed by atoms with Crippen LogP contribution in [0.4, 0.5) is 5.69 Å². The van der Waals surface area contributed by atoms with Gasteiger partial charge in [0.2, 0.25) is 0 Å². The van der Waals surface area contributed by atoms with Gasteiger partial charge in [0, 0.05) is 31.7 Å². The monoisotopic (exact) mass is 261 g/mol. The highest BCUT2D eigenvalue weighted by atomic mass is 16.2. The van der Waals surface area contributed by atoms with Gasteiger partial charge in [0.05, 0.1) is 5.69 Å². The molecule has 0 aliphatic rings. The summed E-state index contributed by atoms with van der Waals surface area (Å²) in [5.74, 6) is -0.223. The summed E-state index contributed by atoms with van der Waals surface area (Å²) < 4.78 is 0. The number of nitrogens with zero attached hydrogens (tertiary/aromatic N) is 4. The Morgan fingerprint density at radius 1 is 1.37 bits per heavy atom. The predicted octanol–water partition coefficient (Wildman–Crippen LogP) is 2.22. The van der Waals surface area contributed by atoms with Crippen LogP contribution in [-0.2, 0) is 4.79 Å². The number of carbonyl (C=O) groups excluding carboxylic acids is 1. The van der Waals surface area contributed by atoms with Crippen molar-refractivity contribution in [2.75, 3.05) is 13.6 Å². The topological polar surface area (TPSA) is 83.9 Å². The van der Waals surface area contributed by atoms with Gasteiger partial charge in [-0.1, -0.05) is 6.92 Å². The quantitative estimate of drug-likeness (QED) is 0.651. The van der Waals surface area contributed by atoms with Crippen LogP contribution in [-0.4, -0.2) is 29.4 Å². The van der Waals surface area contributed by atoms with Crippen LogP contribution in [0.25, 0.3) is 0 Å². The number of amides is 1. The molecule has 0 saturated carbocycles. The summed E-state index contributed by atoms with van der Waals surface area (Å²) in [4.78, 5) is 17.5. The van der Waals surface area contributed by atoms with E-state index < -0.39 is 0 Å². The van der Waals surface area contributed by atoms with Crippen LogP contribution in [0, 0.1) is 0 Å². The lowest BCUT2D eigenvalue weighted by Gasteiger charge is -2.15. The Morgan fingerprint density at radius 3 is 2.53 bits per heavy atom. The van der Waals surface area contributed by atoms with E-state index in [0.717, 1.165) is 0 Å². The molecule has 1 rings (SSSR count). The van der Waals surface area contributed by atoms with E-state index in [1.807, 2.05) is 13.8 Å². The van der Waals surface area contributed by atoms with Crippen molar-refractivity contribution in [2.24, 2.45) is 16.0 Å². The fourth-order valence-corrected chi connectivity index (χ4v) is 1.25. The molecular formula is C13H19N5O. The lowest BCUT2D eigenvalue weighted by atomic mass is 10.2. The van der Waals surface area contributed by atoms with Crippen molar-refractivity contribution in [3.05, 3.63) is 35.9 Å². The molecule has 0 saturated heterocycles. The van der Waals surface area contributed by atoms with E-state index in [2.05, 4.69) is 15.2 Å². The molecule has 0 fully saturated rings. The van der Waals surface area contributed by atoms with Gasteiger partial charge in [0.1, 0.15) is 0 Å². The highest BCUT2D eigenvalue weighted by Gasteiger charge is 2.16. The minimum absolute atomic E-state index is 0.198. The predicted molar refractivity (Wildman–Crippen MR) is 73.6 cm³/mol. The molecule has 102 valence electrons. The minimum Gasteiger partial charge on any atom is -0.400 e. The first kappa shape index (κ1) is 14.8. The molecule has 0 aliphatic heterocycles. The van der Waals surface area contributed by atoms with E-state index in [-0.39, 0.29) is 11.6 Å². The number of aromatic nitrogens is 1. The second kappa shape index (κ2) is 7.25. The van der Waals surface area contributed by atoms with Crippen molar-refractivity contribution in [3.63, 3.8) is 0 Å². The molecule has 6 heteroatoms. The fraction of sp³-hybridized carbons (Fsp3) is 0.385. The molecule has 1 heterocycles. The van der Waals surface area contributed by atoms with Gasteiger partial charge in [-0.2, -0.15) is 5.11 Å². The van der Waals surface area contributed by atoms with Crippen molar-refractivity contribution < 1.29 is 4.79 Å². The first-order valence-electron chi connectivity index (χ1n) is 6.16. The van der Waals surface area contributed by atoms with Gasteiger partial charge in [0.25, 0.3) is 5.91 Å². The molecule has 0 spiro atoms. The van der Waals surface area contributed by atoms with Gasteiger partial charge in [-0.3, -0.25) is 9.78 Å². The zero-order chi connectivity index (χ0) is 14.3. The molecular weight excluding hydrogens is 242 g/mol. The highest BCUT2D eigenvalue weighted by Crippen LogP contribution is 2.15. The van der Waals surface area contributed by atoms with E-state index in [4.69, 9.17) is 5.73 Å². The van der Waals surface area contributed by atoms with Crippen LogP contribution in [0.15, 0.2) is 46.1 Å². The van der Waals surface area contributed by atoms with Crippen molar-refractivity contribution in [3.8, 4) is 0 Å². The van der Waals surface area contributed by atoms with Crippen LogP contribution in [0.2, 0.25) is 0 Å². The third-order valence-corrected chi connectivity index (χ3v) is 2.64. The molecule has 2 N–H and O–H groups in total. The van der Waals surface area contributed by atoms with E-state index in [9.17, 15) is 4.79 Å². The molecule has 0 radical (unpaired) electrons. The van der Waals surface area contributed by atoms with Gasteiger partial charge in [-0.25, -0.2) is 0 Å². The lowest BCUT2D eigenvalue weighted by molar-refractivity contribution is -0.125. The second-order valence-corrected chi connectivity index (χ2v) is 3.95. The molecule has 1 amide bonds. The summed E-state index contributed by atoms with van der Waals surface area (Å²) in [7, 11) is 1.70. The molecule has 0 aromatic carbocycles. The van der Waals surface area contributed by atoms with Gasteiger partial charge >= 0.3 is 0 Å². The van der Waals surface area contributed by atoms with Crippen LogP contribution < -0.4 is 5.73 Å². The number of hydrogen-bond donors (Lipinski definition) is 1. The van der Waals surface area contributed by atoms with E-state index >= 15 is 0 Å². The van der Waals surface area contributed by atoms with Crippen LogP contribution >= 0.6 is 0 Å². The summed E-state index contributed by atoms with van der Waals surface area (Å²) in [5, 5.41) is 8.01. The van der Waals surface area contributed by atoms with E-state index in [0.29, 0.717) is 24.4 Å². The largest absolute Gasteiger partial charge is 0.400 e. The highest BCUT2D eigenvalue weighted by molar-refractivity contribution is 5.93. The first-order chi connectivity index (χ1) is 9.10. The molecule has 0 unspecified atom stereocenters. The van der Waals surface area contributed by atoms with Crippen LogP contribution in [0.5, 0.6) is 0 Å². The third kappa shape index (κ3) is 4.17. The average molecular weight is 261 g/mol. The second-order valence-electron chi connectivity index (χ2n) is 3.95. The zero-order valence-corrected chi connectivity index (χ0v) is 11.5. The number of pyridine rings is 1. The Bertz CT molecular complexity index is 481. The first-order valence-corrected chi connectivity index (χ1v) is 6.16. The van der Waals surface area contributed by atoms with Crippen LogP contribution in [0.1, 0.15) is 20.3 Å². The molecule has 6 nitrogen and oxygen atoms in total. The average Bonchev–Trinajstić information content (AvgIpc) is 2.47. The summed E-state index contributed by atoms with van der Waals surface area (Å²) >= 11 is 0. The number of azo groups is 1. The number of hydrogen-bond acceptors (Lipinski definition) is 5. The van der Waals surface area contributed by atoms with Crippen molar-refractivity contribution in [1.29, 1.82) is 0 Å². The molecule has 19 heavy (non-hydrogen) atoms. The molecule has 1 aromatic heterocycles. The maximum absolute atomic E-state index is 12.1. The zero-order valence-electron chi connectivity index (χ0n) is 11.5. The Labute approximate surface area is 113 Å². The Hall–Kier alpha value is -2.24. The van der Waals surface area contributed by atoms with Gasteiger partial charge in [-0.05, 0) is 25.5 Å². The van der Waals surface area contributed by atoms with Gasteiger partial charge < -0.3 is 10.6 Å². The molecule has 0 aliphatic carbocycles. The number of likely N-dealkylation sites (N-methyl/N-ethyl adjacent to an activating group) is 1. The SMILES string of the molecule is CC/C(N)=C(/N=N/c1ccncc1)C(=O)N(C)CC. The summed E-state index contributed by atoms with van der Waals surface area (Å²) in [5.41, 5.74) is 7.10.